The number of anilines is 2. The molecule has 0 spiro atoms. The SMILES string of the molecule is O=C(c1ccc[nH]1)N(c1ccccc1)c1ccccc1. The molecule has 98 valence electrons. The van der Waals surface area contributed by atoms with Crippen molar-refractivity contribution in [2.45, 2.75) is 0 Å². The molecule has 0 aliphatic carbocycles. The molecule has 0 bridgehead atoms. The summed E-state index contributed by atoms with van der Waals surface area (Å²) < 4.78 is 0. The lowest BCUT2D eigenvalue weighted by Gasteiger charge is -2.22. The summed E-state index contributed by atoms with van der Waals surface area (Å²) >= 11 is 0. The number of carbonyl (C=O) groups excluding carboxylic acids is 1. The highest BCUT2D eigenvalue weighted by molar-refractivity contribution is 6.09. The van der Waals surface area contributed by atoms with E-state index >= 15 is 0 Å². The number of hydrogen-bond acceptors (Lipinski definition) is 1. The third-order valence-corrected chi connectivity index (χ3v) is 3.06. The van der Waals surface area contributed by atoms with Crippen LogP contribution in [0.2, 0.25) is 0 Å². The van der Waals surface area contributed by atoms with Crippen molar-refractivity contribution in [2.75, 3.05) is 4.90 Å². The summed E-state index contributed by atoms with van der Waals surface area (Å²) in [6.07, 6.45) is 1.75. The molecule has 1 heterocycles. The van der Waals surface area contributed by atoms with Gasteiger partial charge in [0.2, 0.25) is 0 Å². The Morgan fingerprint density at radius 2 is 1.30 bits per heavy atom. The predicted octanol–water partition coefficient (Wildman–Crippen LogP) is 3.99. The number of amides is 1. The van der Waals surface area contributed by atoms with Gasteiger partial charge in [-0.25, -0.2) is 0 Å². The molecule has 1 N–H and O–H groups in total. The standard InChI is InChI=1S/C17H14N2O/c20-17(16-12-7-13-18-16)19(14-8-3-1-4-9-14)15-10-5-2-6-11-15/h1-13,18H. The first-order chi connectivity index (χ1) is 9.86. The van der Waals surface area contributed by atoms with Gasteiger partial charge in [0.15, 0.2) is 0 Å². The van der Waals surface area contributed by atoms with Gasteiger partial charge in [-0.2, -0.15) is 0 Å². The summed E-state index contributed by atoms with van der Waals surface area (Å²) in [5, 5.41) is 0. The number of H-pyrrole nitrogens is 1. The minimum atomic E-state index is -0.0765. The Morgan fingerprint density at radius 1 is 0.750 bits per heavy atom. The fourth-order valence-corrected chi connectivity index (χ4v) is 2.12. The Kier molecular flexibility index (Phi) is 3.33. The summed E-state index contributed by atoms with van der Waals surface area (Å²) in [6.45, 7) is 0. The highest BCUT2D eigenvalue weighted by Crippen LogP contribution is 2.26. The van der Waals surface area contributed by atoms with Crippen LogP contribution in [0.4, 0.5) is 11.4 Å². The van der Waals surface area contributed by atoms with Crippen LogP contribution in [-0.2, 0) is 0 Å². The minimum absolute atomic E-state index is 0.0765. The molecule has 0 unspecified atom stereocenters. The summed E-state index contributed by atoms with van der Waals surface area (Å²) in [4.78, 5) is 17.4. The lowest BCUT2D eigenvalue weighted by Crippen LogP contribution is -2.26. The molecule has 0 aliphatic rings. The van der Waals surface area contributed by atoms with E-state index in [0.29, 0.717) is 5.69 Å². The van der Waals surface area contributed by atoms with Gasteiger partial charge >= 0.3 is 0 Å². The second kappa shape index (κ2) is 5.45. The highest BCUT2D eigenvalue weighted by atomic mass is 16.2. The molecule has 2 aromatic carbocycles. The van der Waals surface area contributed by atoms with Gasteiger partial charge in [0.1, 0.15) is 5.69 Å². The summed E-state index contributed by atoms with van der Waals surface area (Å²) in [7, 11) is 0. The third kappa shape index (κ3) is 2.34. The van der Waals surface area contributed by atoms with Gasteiger partial charge in [0.25, 0.3) is 5.91 Å². The number of aromatic amines is 1. The van der Waals surface area contributed by atoms with Crippen LogP contribution >= 0.6 is 0 Å². The van der Waals surface area contributed by atoms with E-state index in [0.717, 1.165) is 11.4 Å². The first-order valence-electron chi connectivity index (χ1n) is 6.44. The minimum Gasteiger partial charge on any atom is -0.357 e. The number of para-hydroxylation sites is 2. The maximum atomic E-state index is 12.7. The number of rotatable bonds is 3. The molecule has 0 saturated heterocycles. The maximum absolute atomic E-state index is 12.7. The molecule has 0 aliphatic heterocycles. The zero-order valence-corrected chi connectivity index (χ0v) is 10.9. The zero-order valence-electron chi connectivity index (χ0n) is 10.9. The first kappa shape index (κ1) is 12.2. The third-order valence-electron chi connectivity index (χ3n) is 3.06. The van der Waals surface area contributed by atoms with Crippen LogP contribution < -0.4 is 4.90 Å². The van der Waals surface area contributed by atoms with Crippen molar-refractivity contribution in [1.82, 2.24) is 4.98 Å². The van der Waals surface area contributed by atoms with E-state index in [2.05, 4.69) is 4.98 Å². The van der Waals surface area contributed by atoms with Crippen LogP contribution in [0.1, 0.15) is 10.5 Å². The number of aromatic nitrogens is 1. The van der Waals surface area contributed by atoms with Gasteiger partial charge in [0.05, 0.1) is 0 Å². The van der Waals surface area contributed by atoms with Crippen molar-refractivity contribution >= 4 is 17.3 Å². The number of benzene rings is 2. The van der Waals surface area contributed by atoms with Crippen molar-refractivity contribution in [1.29, 1.82) is 0 Å². The number of nitrogens with zero attached hydrogens (tertiary/aromatic N) is 1. The predicted molar refractivity (Wildman–Crippen MR) is 80.1 cm³/mol. The van der Waals surface area contributed by atoms with Crippen molar-refractivity contribution in [3.8, 4) is 0 Å². The molecule has 3 nitrogen and oxygen atoms in total. The number of carbonyl (C=O) groups is 1. The molecule has 0 fully saturated rings. The average Bonchev–Trinajstić information content (AvgIpc) is 3.04. The van der Waals surface area contributed by atoms with Gasteiger partial charge in [-0.05, 0) is 36.4 Å². The van der Waals surface area contributed by atoms with E-state index in [-0.39, 0.29) is 5.91 Å². The fourth-order valence-electron chi connectivity index (χ4n) is 2.12. The smallest absolute Gasteiger partial charge is 0.279 e. The summed E-state index contributed by atoms with van der Waals surface area (Å²) in [5.74, 6) is -0.0765. The van der Waals surface area contributed by atoms with Gasteiger partial charge in [0, 0.05) is 17.6 Å². The van der Waals surface area contributed by atoms with Gasteiger partial charge < -0.3 is 4.98 Å². The van der Waals surface area contributed by atoms with Crippen LogP contribution in [-0.4, -0.2) is 10.9 Å². The number of hydrogen-bond donors (Lipinski definition) is 1. The Bertz CT molecular complexity index is 636. The molecule has 0 atom stereocenters. The molecule has 3 heteroatoms. The molecule has 3 rings (SSSR count). The largest absolute Gasteiger partial charge is 0.357 e. The zero-order chi connectivity index (χ0) is 13.8. The van der Waals surface area contributed by atoms with E-state index in [4.69, 9.17) is 0 Å². The van der Waals surface area contributed by atoms with E-state index in [9.17, 15) is 4.79 Å². The van der Waals surface area contributed by atoms with Crippen LogP contribution in [0.3, 0.4) is 0 Å². The van der Waals surface area contributed by atoms with Crippen LogP contribution in [0.15, 0.2) is 79.0 Å². The Balaban J connectivity index is 2.07. The van der Waals surface area contributed by atoms with E-state index < -0.39 is 0 Å². The second-order valence-electron chi connectivity index (χ2n) is 4.40. The maximum Gasteiger partial charge on any atom is 0.279 e. The lowest BCUT2D eigenvalue weighted by atomic mass is 10.2. The van der Waals surface area contributed by atoms with Gasteiger partial charge in [-0.1, -0.05) is 36.4 Å². The quantitative estimate of drug-likeness (QED) is 0.761. The molecular weight excluding hydrogens is 248 g/mol. The fraction of sp³-hybridized carbons (Fsp3) is 0. The molecule has 1 amide bonds. The monoisotopic (exact) mass is 262 g/mol. The molecule has 1 aromatic heterocycles. The van der Waals surface area contributed by atoms with E-state index in [1.54, 1.807) is 17.2 Å². The lowest BCUT2D eigenvalue weighted by molar-refractivity contribution is 0.0995. The molecule has 0 radical (unpaired) electrons. The van der Waals surface area contributed by atoms with Crippen LogP contribution in [0.5, 0.6) is 0 Å². The van der Waals surface area contributed by atoms with Crippen LogP contribution in [0, 0.1) is 0 Å². The first-order valence-corrected chi connectivity index (χ1v) is 6.44. The van der Waals surface area contributed by atoms with Crippen LogP contribution in [0.25, 0.3) is 0 Å². The van der Waals surface area contributed by atoms with E-state index in [1.165, 1.54) is 0 Å². The average molecular weight is 262 g/mol. The highest BCUT2D eigenvalue weighted by Gasteiger charge is 2.19. The summed E-state index contributed by atoms with van der Waals surface area (Å²) in [5.41, 5.74) is 2.26. The van der Waals surface area contributed by atoms with Crippen molar-refractivity contribution in [3.05, 3.63) is 84.7 Å². The summed E-state index contributed by atoms with van der Waals surface area (Å²) in [6, 6.07) is 22.9. The van der Waals surface area contributed by atoms with Gasteiger partial charge in [-0.15, -0.1) is 0 Å². The van der Waals surface area contributed by atoms with Crippen molar-refractivity contribution in [3.63, 3.8) is 0 Å². The Hall–Kier alpha value is -2.81. The molecule has 0 saturated carbocycles. The molecule has 3 aromatic rings. The van der Waals surface area contributed by atoms with Crippen molar-refractivity contribution < 1.29 is 4.79 Å². The molecular formula is C17H14N2O. The van der Waals surface area contributed by atoms with E-state index in [1.807, 2.05) is 66.7 Å². The normalized spacial score (nSPS) is 10.2. The Morgan fingerprint density at radius 3 is 1.75 bits per heavy atom. The second-order valence-corrected chi connectivity index (χ2v) is 4.40. The topological polar surface area (TPSA) is 36.1 Å². The van der Waals surface area contributed by atoms with Crippen molar-refractivity contribution in [2.24, 2.45) is 0 Å². The Labute approximate surface area is 117 Å². The van der Waals surface area contributed by atoms with Gasteiger partial charge in [-0.3, -0.25) is 9.69 Å². The molecule has 20 heavy (non-hydrogen) atoms. The number of nitrogens with one attached hydrogen (secondary N) is 1.